The molecule has 42 heavy (non-hydrogen) atoms. The van der Waals surface area contributed by atoms with E-state index in [-0.39, 0.29) is 22.9 Å². The molecule has 0 aromatic heterocycles. The Morgan fingerprint density at radius 1 is 0.905 bits per heavy atom. The number of ether oxygens (including phenoxy) is 2. The Morgan fingerprint density at radius 2 is 1.57 bits per heavy atom. The Hall–Kier alpha value is -4.99. The highest BCUT2D eigenvalue weighted by molar-refractivity contribution is 6.32. The lowest BCUT2D eigenvalue weighted by atomic mass is 10.0. The van der Waals surface area contributed by atoms with Crippen molar-refractivity contribution in [3.05, 3.63) is 119 Å². The Labute approximate surface area is 237 Å². The summed E-state index contributed by atoms with van der Waals surface area (Å²) in [6.45, 7) is 5.41. The molecule has 1 amide bonds. The largest absolute Gasteiger partial charge is 0.493 e. The van der Waals surface area contributed by atoms with Crippen molar-refractivity contribution < 1.29 is 36.2 Å². The number of benzene rings is 4. The van der Waals surface area contributed by atoms with Gasteiger partial charge in [-0.15, -0.1) is 6.58 Å². The number of halogens is 5. The van der Waals surface area contributed by atoms with Crippen LogP contribution < -0.4 is 14.5 Å². The lowest BCUT2D eigenvalue weighted by molar-refractivity contribution is -0.114. The maximum absolute atomic E-state index is 14.4. The van der Waals surface area contributed by atoms with Crippen molar-refractivity contribution in [1.82, 2.24) is 0 Å². The van der Waals surface area contributed by atoms with Gasteiger partial charge in [0.15, 0.2) is 34.8 Å². The first kappa shape index (κ1) is 28.5. The molecule has 1 aliphatic rings. The van der Waals surface area contributed by atoms with Gasteiger partial charge in [0.05, 0.1) is 18.4 Å². The van der Waals surface area contributed by atoms with Crippen molar-refractivity contribution in [3.63, 3.8) is 0 Å². The molecule has 4 aromatic rings. The summed E-state index contributed by atoms with van der Waals surface area (Å²) in [6, 6.07) is 17.1. The topological polar surface area (TPSA) is 51.1 Å². The molecule has 4 aromatic carbocycles. The molecule has 0 spiro atoms. The van der Waals surface area contributed by atoms with E-state index in [1.165, 1.54) is 20.1 Å². The molecule has 214 valence electrons. The monoisotopic (exact) mass is 578 g/mol. The molecule has 0 radical (unpaired) electrons. The number of allylic oxidation sites excluding steroid dienone is 1. The third kappa shape index (κ3) is 5.00. The van der Waals surface area contributed by atoms with Gasteiger partial charge in [-0.3, -0.25) is 4.79 Å². The molecule has 0 aliphatic carbocycles. The molecule has 0 atom stereocenters. The highest BCUT2D eigenvalue weighted by atomic mass is 19.2. The van der Waals surface area contributed by atoms with E-state index in [0.717, 1.165) is 16.3 Å². The summed E-state index contributed by atoms with van der Waals surface area (Å²) in [5.41, 5.74) is 0.509. The molecule has 0 saturated carbocycles. The maximum atomic E-state index is 14.4. The van der Waals surface area contributed by atoms with Crippen molar-refractivity contribution >= 4 is 34.2 Å². The third-order valence-corrected chi connectivity index (χ3v) is 6.76. The van der Waals surface area contributed by atoms with Gasteiger partial charge in [-0.1, -0.05) is 48.5 Å². The predicted molar refractivity (Wildman–Crippen MR) is 150 cm³/mol. The fraction of sp³-hybridized carbons (Fsp3) is 0.125. The summed E-state index contributed by atoms with van der Waals surface area (Å²) in [5, 5.41) is 6.06. The molecule has 5 rings (SSSR count). The fourth-order valence-electron chi connectivity index (χ4n) is 4.74. The van der Waals surface area contributed by atoms with E-state index >= 15 is 0 Å². The van der Waals surface area contributed by atoms with Crippen molar-refractivity contribution in [2.24, 2.45) is 5.10 Å². The smallest absolute Gasteiger partial charge is 0.280 e. The number of rotatable bonds is 8. The average molecular weight is 579 g/mol. The Bertz CT molecular complexity index is 1780. The molecule has 10 heteroatoms. The van der Waals surface area contributed by atoms with E-state index in [9.17, 15) is 26.7 Å². The predicted octanol–water partition coefficient (Wildman–Crippen LogP) is 7.66. The number of methoxy groups -OCH3 is 1. The van der Waals surface area contributed by atoms with Gasteiger partial charge in [0.1, 0.15) is 12.3 Å². The van der Waals surface area contributed by atoms with E-state index in [2.05, 4.69) is 11.7 Å². The van der Waals surface area contributed by atoms with E-state index in [0.29, 0.717) is 29.0 Å². The van der Waals surface area contributed by atoms with Crippen LogP contribution in [0.15, 0.2) is 77.9 Å². The van der Waals surface area contributed by atoms with Gasteiger partial charge in [0, 0.05) is 5.56 Å². The fourth-order valence-corrected chi connectivity index (χ4v) is 4.74. The molecular formula is C32H23F5N2O3. The number of hydrogen-bond donors (Lipinski definition) is 0. The minimum absolute atomic E-state index is 0.00413. The summed E-state index contributed by atoms with van der Waals surface area (Å²) < 4.78 is 81.8. The van der Waals surface area contributed by atoms with Crippen LogP contribution in [0.2, 0.25) is 0 Å². The molecule has 0 N–H and O–H groups in total. The number of hydrogen-bond acceptors (Lipinski definition) is 4. The lowest BCUT2D eigenvalue weighted by Crippen LogP contribution is -2.25. The summed E-state index contributed by atoms with van der Waals surface area (Å²) in [6.07, 6.45) is 3.42. The van der Waals surface area contributed by atoms with Gasteiger partial charge >= 0.3 is 0 Å². The number of hydrazone groups is 1. The van der Waals surface area contributed by atoms with Gasteiger partial charge in [0.2, 0.25) is 5.82 Å². The van der Waals surface area contributed by atoms with Crippen LogP contribution in [0.1, 0.15) is 23.6 Å². The molecule has 5 nitrogen and oxygen atoms in total. The zero-order chi connectivity index (χ0) is 30.1. The van der Waals surface area contributed by atoms with Gasteiger partial charge in [-0.25, -0.2) is 22.0 Å². The highest BCUT2D eigenvalue weighted by Crippen LogP contribution is 2.37. The number of anilines is 1. The Kier molecular flexibility index (Phi) is 7.80. The van der Waals surface area contributed by atoms with Crippen molar-refractivity contribution in [3.8, 4) is 11.5 Å². The zero-order valence-electron chi connectivity index (χ0n) is 22.5. The van der Waals surface area contributed by atoms with E-state index < -0.39 is 40.7 Å². The van der Waals surface area contributed by atoms with Crippen molar-refractivity contribution in [2.75, 3.05) is 12.1 Å². The molecule has 0 unspecified atom stereocenters. The SMILES string of the molecule is C=CCc1cc(/C=C2/C(=O)N(c3c(F)c(F)c(F)c(F)c3F)N=C2C)cc(OC)c1OCc1cccc2ccccc12. The van der Waals surface area contributed by atoms with Gasteiger partial charge in [-0.2, -0.15) is 10.1 Å². The van der Waals surface area contributed by atoms with Crippen LogP contribution in [0.3, 0.4) is 0 Å². The van der Waals surface area contributed by atoms with Crippen LogP contribution in [0.25, 0.3) is 16.8 Å². The zero-order valence-corrected chi connectivity index (χ0v) is 22.5. The summed E-state index contributed by atoms with van der Waals surface area (Å²) in [4.78, 5) is 13.1. The minimum atomic E-state index is -2.33. The molecule has 1 heterocycles. The highest BCUT2D eigenvalue weighted by Gasteiger charge is 2.37. The van der Waals surface area contributed by atoms with Crippen molar-refractivity contribution in [2.45, 2.75) is 20.0 Å². The molecular weight excluding hydrogens is 555 g/mol. The molecule has 0 saturated heterocycles. The van der Waals surface area contributed by atoms with Crippen LogP contribution in [0.4, 0.5) is 27.6 Å². The molecule has 1 aliphatic heterocycles. The summed E-state index contributed by atoms with van der Waals surface area (Å²) in [5.74, 6) is -11.3. The first-order valence-electron chi connectivity index (χ1n) is 12.7. The van der Waals surface area contributed by atoms with Gasteiger partial charge < -0.3 is 9.47 Å². The standard InChI is InChI=1S/C32H23F5N2O3/c1-4-8-20-13-18(15-24(41-3)31(20)42-16-21-11-7-10-19-9-5-6-12-22(19)21)14-23-17(2)38-39(32(23)40)30-28(36)26(34)25(33)27(35)29(30)37/h4-7,9-15H,1,8,16H2,2-3H3/b23-14+. The number of nitrogens with zero attached hydrogens (tertiary/aromatic N) is 2. The molecule has 0 fully saturated rings. The van der Waals surface area contributed by atoms with Crippen LogP contribution in [-0.4, -0.2) is 18.7 Å². The van der Waals surface area contributed by atoms with Crippen LogP contribution in [-0.2, 0) is 17.8 Å². The minimum Gasteiger partial charge on any atom is -0.493 e. The average Bonchev–Trinajstić information content (AvgIpc) is 3.26. The van der Waals surface area contributed by atoms with Gasteiger partial charge in [0.25, 0.3) is 5.91 Å². The molecule has 0 bridgehead atoms. The Balaban J connectivity index is 1.50. The van der Waals surface area contributed by atoms with E-state index in [1.54, 1.807) is 18.2 Å². The maximum Gasteiger partial charge on any atom is 0.280 e. The van der Waals surface area contributed by atoms with Crippen LogP contribution in [0.5, 0.6) is 11.5 Å². The second-order valence-corrected chi connectivity index (χ2v) is 9.41. The quantitative estimate of drug-likeness (QED) is 0.0710. The van der Waals surface area contributed by atoms with E-state index in [4.69, 9.17) is 9.47 Å². The first-order chi connectivity index (χ1) is 20.2. The Morgan fingerprint density at radius 3 is 2.26 bits per heavy atom. The van der Waals surface area contributed by atoms with Crippen LogP contribution >= 0.6 is 0 Å². The number of fused-ring (bicyclic) bond motifs is 1. The van der Waals surface area contributed by atoms with E-state index in [1.807, 2.05) is 42.5 Å². The second kappa shape index (κ2) is 11.5. The number of amides is 1. The first-order valence-corrected chi connectivity index (χ1v) is 12.7. The van der Waals surface area contributed by atoms with Crippen molar-refractivity contribution in [1.29, 1.82) is 0 Å². The van der Waals surface area contributed by atoms with Crippen LogP contribution in [0, 0.1) is 29.1 Å². The third-order valence-electron chi connectivity index (χ3n) is 6.76. The second-order valence-electron chi connectivity index (χ2n) is 9.41. The van der Waals surface area contributed by atoms with Gasteiger partial charge in [-0.05, 0) is 53.5 Å². The number of carbonyl (C=O) groups is 1. The number of carbonyl (C=O) groups excluding carboxylic acids is 1. The summed E-state index contributed by atoms with van der Waals surface area (Å²) in [7, 11) is 1.45. The lowest BCUT2D eigenvalue weighted by Gasteiger charge is -2.17. The summed E-state index contributed by atoms with van der Waals surface area (Å²) >= 11 is 0. The normalized spacial score (nSPS) is 14.1.